The zero-order valence-corrected chi connectivity index (χ0v) is 7.10. The van der Waals surface area contributed by atoms with Crippen LogP contribution in [0.3, 0.4) is 0 Å². The second kappa shape index (κ2) is 3.28. The van der Waals surface area contributed by atoms with Gasteiger partial charge in [-0.25, -0.2) is 4.98 Å². The predicted molar refractivity (Wildman–Crippen MR) is 44.8 cm³/mol. The van der Waals surface area contributed by atoms with Crippen LogP contribution in [0.4, 0.5) is 0 Å². The minimum absolute atomic E-state index is 0.622. The van der Waals surface area contributed by atoms with E-state index in [1.165, 1.54) is 29.4 Å². The molecule has 0 amide bonds. The summed E-state index contributed by atoms with van der Waals surface area (Å²) in [5.41, 5.74) is 0. The van der Waals surface area contributed by atoms with Gasteiger partial charge in [0.2, 0.25) is 0 Å². The molecule has 1 fully saturated rings. The van der Waals surface area contributed by atoms with Crippen molar-refractivity contribution < 1.29 is 0 Å². The lowest BCUT2D eigenvalue weighted by molar-refractivity contribution is 0.460. The Morgan fingerprint density at radius 1 is 1.64 bits per heavy atom. The second-order valence-electron chi connectivity index (χ2n) is 2.82. The van der Waals surface area contributed by atoms with Crippen molar-refractivity contribution in [3.63, 3.8) is 0 Å². The van der Waals surface area contributed by atoms with Crippen molar-refractivity contribution in [2.75, 3.05) is 13.1 Å². The summed E-state index contributed by atoms with van der Waals surface area (Å²) in [5, 5.41) is 4.55. The van der Waals surface area contributed by atoms with Crippen LogP contribution >= 0.6 is 11.5 Å². The Kier molecular flexibility index (Phi) is 2.14. The van der Waals surface area contributed by atoms with Crippen molar-refractivity contribution in [2.24, 2.45) is 0 Å². The minimum Gasteiger partial charge on any atom is -0.316 e. The third-order valence-corrected chi connectivity index (χ3v) is 2.85. The van der Waals surface area contributed by atoms with Crippen LogP contribution in [0.1, 0.15) is 23.8 Å². The highest BCUT2D eigenvalue weighted by Crippen LogP contribution is 2.22. The van der Waals surface area contributed by atoms with Crippen LogP contribution < -0.4 is 5.32 Å². The Morgan fingerprint density at radius 3 is 3.27 bits per heavy atom. The smallest absolute Gasteiger partial charge is 0.129 e. The number of piperidine rings is 1. The first-order valence-electron chi connectivity index (χ1n) is 3.94. The van der Waals surface area contributed by atoms with Crippen molar-refractivity contribution in [1.82, 2.24) is 14.7 Å². The Balaban J connectivity index is 2.04. The molecule has 1 atom stereocenters. The quantitative estimate of drug-likeness (QED) is 0.681. The number of nitrogens with zero attached hydrogens (tertiary/aromatic N) is 2. The van der Waals surface area contributed by atoms with Crippen molar-refractivity contribution in [3.05, 3.63) is 11.3 Å². The molecule has 1 saturated heterocycles. The molecule has 1 unspecified atom stereocenters. The molecule has 2 heterocycles. The maximum atomic E-state index is 4.21. The molecule has 11 heavy (non-hydrogen) atoms. The SMILES string of the molecule is c1nsc(C2CCCNC2)n1. The summed E-state index contributed by atoms with van der Waals surface area (Å²) in [6.45, 7) is 2.24. The Hall–Kier alpha value is -0.480. The molecule has 0 saturated carbocycles. The molecule has 1 aromatic rings. The summed E-state index contributed by atoms with van der Waals surface area (Å²) in [4.78, 5) is 4.21. The number of hydrogen-bond donors (Lipinski definition) is 1. The lowest BCUT2D eigenvalue weighted by Gasteiger charge is -2.19. The van der Waals surface area contributed by atoms with E-state index < -0.39 is 0 Å². The normalized spacial score (nSPS) is 25.3. The van der Waals surface area contributed by atoms with E-state index in [1.54, 1.807) is 6.33 Å². The highest BCUT2D eigenvalue weighted by Gasteiger charge is 2.17. The van der Waals surface area contributed by atoms with E-state index >= 15 is 0 Å². The maximum absolute atomic E-state index is 4.21. The summed E-state index contributed by atoms with van der Waals surface area (Å²) in [7, 11) is 0. The van der Waals surface area contributed by atoms with Gasteiger partial charge in [0.1, 0.15) is 11.3 Å². The Labute approximate surface area is 70.0 Å². The molecule has 1 aliphatic heterocycles. The summed E-state index contributed by atoms with van der Waals surface area (Å²) >= 11 is 1.53. The standard InChI is InChI=1S/C7H11N3S/c1-2-6(4-8-3-1)7-9-5-10-11-7/h5-6,8H,1-4H2. The van der Waals surface area contributed by atoms with Gasteiger partial charge in [-0.2, -0.15) is 4.37 Å². The number of hydrogen-bond acceptors (Lipinski definition) is 4. The van der Waals surface area contributed by atoms with Crippen molar-refractivity contribution >= 4 is 11.5 Å². The zero-order chi connectivity index (χ0) is 7.52. The zero-order valence-electron chi connectivity index (χ0n) is 6.29. The monoisotopic (exact) mass is 169 g/mol. The molecule has 0 aliphatic carbocycles. The van der Waals surface area contributed by atoms with Gasteiger partial charge < -0.3 is 5.32 Å². The Bertz CT molecular complexity index is 203. The van der Waals surface area contributed by atoms with Gasteiger partial charge in [0.15, 0.2) is 0 Å². The maximum Gasteiger partial charge on any atom is 0.129 e. The minimum atomic E-state index is 0.622. The molecule has 1 N–H and O–H groups in total. The largest absolute Gasteiger partial charge is 0.316 e. The Morgan fingerprint density at radius 2 is 2.64 bits per heavy atom. The van der Waals surface area contributed by atoms with Crippen molar-refractivity contribution in [2.45, 2.75) is 18.8 Å². The van der Waals surface area contributed by atoms with Crippen LogP contribution in [0.2, 0.25) is 0 Å². The molecule has 4 heteroatoms. The van der Waals surface area contributed by atoms with E-state index in [-0.39, 0.29) is 0 Å². The van der Waals surface area contributed by atoms with Gasteiger partial charge >= 0.3 is 0 Å². The molecule has 0 aromatic carbocycles. The molecule has 0 radical (unpaired) electrons. The fraction of sp³-hybridized carbons (Fsp3) is 0.714. The summed E-state index contributed by atoms with van der Waals surface area (Å²) < 4.78 is 4.00. The van der Waals surface area contributed by atoms with E-state index in [0.717, 1.165) is 13.1 Å². The van der Waals surface area contributed by atoms with Crippen LogP contribution in [0, 0.1) is 0 Å². The molecule has 1 aromatic heterocycles. The van der Waals surface area contributed by atoms with Crippen LogP contribution in [0.5, 0.6) is 0 Å². The summed E-state index contributed by atoms with van der Waals surface area (Å²) in [6.07, 6.45) is 4.18. The van der Waals surface area contributed by atoms with Crippen molar-refractivity contribution in [1.29, 1.82) is 0 Å². The molecule has 60 valence electrons. The lowest BCUT2D eigenvalue weighted by atomic mass is 10.0. The summed E-state index contributed by atoms with van der Waals surface area (Å²) in [5.74, 6) is 0.622. The molecule has 1 aliphatic rings. The topological polar surface area (TPSA) is 37.8 Å². The summed E-state index contributed by atoms with van der Waals surface area (Å²) in [6, 6.07) is 0. The van der Waals surface area contributed by atoms with Gasteiger partial charge in [-0.05, 0) is 30.9 Å². The third-order valence-electron chi connectivity index (χ3n) is 2.02. The average molecular weight is 169 g/mol. The van der Waals surface area contributed by atoms with Gasteiger partial charge in [0, 0.05) is 12.5 Å². The van der Waals surface area contributed by atoms with Gasteiger partial charge in [-0.15, -0.1) is 0 Å². The lowest BCUT2D eigenvalue weighted by Crippen LogP contribution is -2.28. The van der Waals surface area contributed by atoms with Crippen LogP contribution in [-0.2, 0) is 0 Å². The van der Waals surface area contributed by atoms with Gasteiger partial charge in [0.25, 0.3) is 0 Å². The van der Waals surface area contributed by atoms with Crippen LogP contribution in [0.25, 0.3) is 0 Å². The van der Waals surface area contributed by atoms with Gasteiger partial charge in [0.05, 0.1) is 0 Å². The first kappa shape index (κ1) is 7.18. The second-order valence-corrected chi connectivity index (χ2v) is 3.63. The van der Waals surface area contributed by atoms with Crippen LogP contribution in [0.15, 0.2) is 6.33 Å². The van der Waals surface area contributed by atoms with E-state index in [9.17, 15) is 0 Å². The van der Waals surface area contributed by atoms with E-state index in [0.29, 0.717) is 5.92 Å². The van der Waals surface area contributed by atoms with E-state index in [2.05, 4.69) is 14.7 Å². The predicted octanol–water partition coefficient (Wildman–Crippen LogP) is 1.01. The highest BCUT2D eigenvalue weighted by atomic mass is 32.1. The van der Waals surface area contributed by atoms with Gasteiger partial charge in [-0.1, -0.05) is 0 Å². The highest BCUT2D eigenvalue weighted by molar-refractivity contribution is 7.05. The first-order valence-corrected chi connectivity index (χ1v) is 4.71. The number of nitrogens with one attached hydrogen (secondary N) is 1. The molecular weight excluding hydrogens is 158 g/mol. The molecule has 3 nitrogen and oxygen atoms in total. The first-order chi connectivity index (χ1) is 5.47. The van der Waals surface area contributed by atoms with Gasteiger partial charge in [-0.3, -0.25) is 0 Å². The number of rotatable bonds is 1. The molecular formula is C7H11N3S. The van der Waals surface area contributed by atoms with Crippen molar-refractivity contribution in [3.8, 4) is 0 Å². The average Bonchev–Trinajstić information content (AvgIpc) is 2.58. The number of aromatic nitrogens is 2. The van der Waals surface area contributed by atoms with E-state index in [4.69, 9.17) is 0 Å². The fourth-order valence-electron chi connectivity index (χ4n) is 1.42. The molecule has 2 rings (SSSR count). The van der Waals surface area contributed by atoms with Crippen LogP contribution in [-0.4, -0.2) is 22.4 Å². The molecule has 0 bridgehead atoms. The fourth-order valence-corrected chi connectivity index (χ4v) is 2.07. The molecule has 0 spiro atoms. The third kappa shape index (κ3) is 1.57. The van der Waals surface area contributed by atoms with E-state index in [1.807, 2.05) is 0 Å².